The van der Waals surface area contributed by atoms with Gasteiger partial charge in [-0.2, -0.15) is 13.2 Å². The Bertz CT molecular complexity index is 991. The molecule has 0 radical (unpaired) electrons. The number of hydrogen-bond acceptors (Lipinski definition) is 4. The molecule has 0 unspecified atom stereocenters. The van der Waals surface area contributed by atoms with E-state index in [1.165, 1.54) is 30.3 Å². The molecular formula is C19H19F3N2O4S. The number of aliphatic hydroxyl groups is 1. The van der Waals surface area contributed by atoms with Crippen LogP contribution in [-0.4, -0.2) is 39.1 Å². The summed E-state index contributed by atoms with van der Waals surface area (Å²) < 4.78 is 66.1. The van der Waals surface area contributed by atoms with E-state index < -0.39 is 27.7 Å². The maximum absolute atomic E-state index is 13.1. The van der Waals surface area contributed by atoms with Crippen LogP contribution < -0.4 is 9.62 Å². The predicted molar refractivity (Wildman–Crippen MR) is 102 cm³/mol. The number of anilines is 1. The Morgan fingerprint density at radius 3 is 2.48 bits per heavy atom. The minimum Gasteiger partial charge on any atom is -0.395 e. The molecule has 2 aromatic rings. The van der Waals surface area contributed by atoms with Gasteiger partial charge in [-0.05, 0) is 36.4 Å². The molecule has 0 bridgehead atoms. The summed E-state index contributed by atoms with van der Waals surface area (Å²) >= 11 is 0. The fraction of sp³-hybridized carbons (Fsp3) is 0.211. The second-order valence-electron chi connectivity index (χ2n) is 5.88. The van der Waals surface area contributed by atoms with Crippen molar-refractivity contribution in [2.45, 2.75) is 11.1 Å². The zero-order chi connectivity index (χ0) is 21.7. The van der Waals surface area contributed by atoms with Gasteiger partial charge in [0.1, 0.15) is 0 Å². The average molecular weight is 428 g/mol. The van der Waals surface area contributed by atoms with Gasteiger partial charge in [0, 0.05) is 12.1 Å². The maximum atomic E-state index is 13.1. The number of halogens is 3. The molecule has 0 saturated heterocycles. The number of rotatable bonds is 8. The van der Waals surface area contributed by atoms with Crippen LogP contribution in [0.1, 0.15) is 15.9 Å². The van der Waals surface area contributed by atoms with Gasteiger partial charge in [-0.3, -0.25) is 9.10 Å². The molecule has 10 heteroatoms. The van der Waals surface area contributed by atoms with Crippen LogP contribution in [0.4, 0.5) is 18.9 Å². The second-order valence-corrected chi connectivity index (χ2v) is 7.74. The Balaban J connectivity index is 2.48. The van der Waals surface area contributed by atoms with Crippen molar-refractivity contribution in [3.8, 4) is 0 Å². The van der Waals surface area contributed by atoms with E-state index in [0.717, 1.165) is 28.6 Å². The fourth-order valence-corrected chi connectivity index (χ4v) is 3.97. The third kappa shape index (κ3) is 5.36. The van der Waals surface area contributed by atoms with E-state index in [0.29, 0.717) is 0 Å². The quantitative estimate of drug-likeness (QED) is 0.633. The number of aliphatic hydroxyl groups excluding tert-OH is 1. The molecule has 0 aliphatic carbocycles. The molecule has 0 aromatic heterocycles. The van der Waals surface area contributed by atoms with Crippen LogP contribution in [-0.2, 0) is 16.2 Å². The molecule has 29 heavy (non-hydrogen) atoms. The van der Waals surface area contributed by atoms with Gasteiger partial charge >= 0.3 is 6.18 Å². The highest BCUT2D eigenvalue weighted by Gasteiger charge is 2.32. The van der Waals surface area contributed by atoms with Crippen LogP contribution >= 0.6 is 0 Å². The number of alkyl halides is 3. The Labute approximate surface area is 166 Å². The first kappa shape index (κ1) is 22.4. The first-order valence-corrected chi connectivity index (χ1v) is 9.85. The Kier molecular flexibility index (Phi) is 7.04. The maximum Gasteiger partial charge on any atom is 0.416 e. The highest BCUT2D eigenvalue weighted by atomic mass is 32.2. The Morgan fingerprint density at radius 1 is 1.17 bits per heavy atom. The lowest BCUT2D eigenvalue weighted by Gasteiger charge is -2.24. The van der Waals surface area contributed by atoms with Crippen molar-refractivity contribution in [1.82, 2.24) is 5.32 Å². The van der Waals surface area contributed by atoms with Crippen molar-refractivity contribution in [1.29, 1.82) is 0 Å². The molecular weight excluding hydrogens is 409 g/mol. The fourth-order valence-electron chi connectivity index (χ4n) is 2.49. The molecule has 0 atom stereocenters. The van der Waals surface area contributed by atoms with E-state index in [9.17, 15) is 26.4 Å². The van der Waals surface area contributed by atoms with Crippen molar-refractivity contribution in [3.63, 3.8) is 0 Å². The lowest BCUT2D eigenvalue weighted by atomic mass is 10.2. The first-order valence-electron chi connectivity index (χ1n) is 8.41. The molecule has 0 saturated carbocycles. The summed E-state index contributed by atoms with van der Waals surface area (Å²) in [5.74, 6) is -0.592. The van der Waals surface area contributed by atoms with Gasteiger partial charge < -0.3 is 10.4 Å². The molecule has 6 nitrogen and oxygen atoms in total. The number of benzene rings is 2. The summed E-state index contributed by atoms with van der Waals surface area (Å²) in [6, 6.07) is 9.02. The SMILES string of the molecule is C=CCN(c1cccc(C(F)(F)F)c1)S(=O)(=O)c1cccc(C(=O)NCCO)c1. The molecule has 0 fully saturated rings. The van der Waals surface area contributed by atoms with E-state index in [4.69, 9.17) is 5.11 Å². The molecule has 156 valence electrons. The van der Waals surface area contributed by atoms with Crippen LogP contribution in [0, 0.1) is 0 Å². The second kappa shape index (κ2) is 9.10. The van der Waals surface area contributed by atoms with Gasteiger partial charge in [0.2, 0.25) is 0 Å². The predicted octanol–water partition coefficient (Wildman–Crippen LogP) is 2.81. The number of carbonyl (C=O) groups is 1. The van der Waals surface area contributed by atoms with Crippen LogP contribution in [0.5, 0.6) is 0 Å². The summed E-state index contributed by atoms with van der Waals surface area (Å²) in [7, 11) is -4.29. The lowest BCUT2D eigenvalue weighted by molar-refractivity contribution is -0.137. The van der Waals surface area contributed by atoms with Crippen LogP contribution in [0.15, 0.2) is 66.1 Å². The van der Waals surface area contributed by atoms with E-state index in [1.807, 2.05) is 0 Å². The number of amides is 1. The Hall–Kier alpha value is -2.85. The Morgan fingerprint density at radius 2 is 1.86 bits per heavy atom. The van der Waals surface area contributed by atoms with Gasteiger partial charge in [-0.15, -0.1) is 6.58 Å². The summed E-state index contributed by atoms with van der Waals surface area (Å²) in [4.78, 5) is 11.8. The first-order chi connectivity index (χ1) is 13.6. The monoisotopic (exact) mass is 428 g/mol. The van der Waals surface area contributed by atoms with Gasteiger partial charge in [0.05, 0.1) is 29.3 Å². The zero-order valence-corrected chi connectivity index (χ0v) is 16.0. The lowest BCUT2D eigenvalue weighted by Crippen LogP contribution is -2.32. The van der Waals surface area contributed by atoms with E-state index >= 15 is 0 Å². The van der Waals surface area contributed by atoms with Crippen LogP contribution in [0.3, 0.4) is 0 Å². The highest BCUT2D eigenvalue weighted by Crippen LogP contribution is 2.33. The topological polar surface area (TPSA) is 86.7 Å². The largest absolute Gasteiger partial charge is 0.416 e. The van der Waals surface area contributed by atoms with Gasteiger partial charge in [-0.1, -0.05) is 18.2 Å². The third-order valence-electron chi connectivity index (χ3n) is 3.84. The third-order valence-corrected chi connectivity index (χ3v) is 5.63. The number of hydrogen-bond donors (Lipinski definition) is 2. The van der Waals surface area contributed by atoms with Crippen molar-refractivity contribution >= 4 is 21.6 Å². The molecule has 2 rings (SSSR count). The minimum absolute atomic E-state index is 0.0113. The van der Waals surface area contributed by atoms with E-state index in [2.05, 4.69) is 11.9 Å². The summed E-state index contributed by atoms with van der Waals surface area (Å²) in [5.41, 5.74) is -1.15. The van der Waals surface area contributed by atoms with Gasteiger partial charge in [0.25, 0.3) is 15.9 Å². The summed E-state index contributed by atoms with van der Waals surface area (Å²) in [5, 5.41) is 11.2. The van der Waals surface area contributed by atoms with Crippen molar-refractivity contribution in [2.75, 3.05) is 24.0 Å². The zero-order valence-electron chi connectivity index (χ0n) is 15.2. The summed E-state index contributed by atoms with van der Waals surface area (Å²) in [6.45, 7) is 2.90. The molecule has 0 aliphatic rings. The van der Waals surface area contributed by atoms with Crippen molar-refractivity contribution < 1.29 is 31.5 Å². The number of nitrogens with one attached hydrogen (secondary N) is 1. The number of nitrogens with zero attached hydrogens (tertiary/aromatic N) is 1. The minimum atomic E-state index is -4.63. The molecule has 0 heterocycles. The summed E-state index contributed by atoms with van der Waals surface area (Å²) in [6.07, 6.45) is -3.39. The molecule has 0 aliphatic heterocycles. The van der Waals surface area contributed by atoms with Crippen molar-refractivity contribution in [2.24, 2.45) is 0 Å². The van der Waals surface area contributed by atoms with Gasteiger partial charge in [-0.25, -0.2) is 8.42 Å². The molecule has 1 amide bonds. The smallest absolute Gasteiger partial charge is 0.395 e. The van der Waals surface area contributed by atoms with Crippen LogP contribution in [0.2, 0.25) is 0 Å². The van der Waals surface area contributed by atoms with E-state index in [1.54, 1.807) is 0 Å². The number of carbonyl (C=O) groups excluding carboxylic acids is 1. The number of sulfonamides is 1. The molecule has 2 N–H and O–H groups in total. The average Bonchev–Trinajstić information content (AvgIpc) is 2.69. The standard InChI is InChI=1S/C19H19F3N2O4S/c1-2-10-24(16-7-4-6-15(13-16)19(20,21)22)29(27,28)17-8-3-5-14(12-17)18(26)23-9-11-25/h2-8,12-13,25H,1,9-11H2,(H,23,26). The molecule has 2 aromatic carbocycles. The van der Waals surface area contributed by atoms with Crippen LogP contribution in [0.25, 0.3) is 0 Å². The van der Waals surface area contributed by atoms with Crippen molar-refractivity contribution in [3.05, 3.63) is 72.3 Å². The highest BCUT2D eigenvalue weighted by molar-refractivity contribution is 7.92. The molecule has 0 spiro atoms. The van der Waals surface area contributed by atoms with E-state index in [-0.39, 0.29) is 35.8 Å². The van der Waals surface area contributed by atoms with Gasteiger partial charge in [0.15, 0.2) is 0 Å². The normalized spacial score (nSPS) is 11.7.